The van der Waals surface area contributed by atoms with Gasteiger partial charge in [-0.25, -0.2) is 4.57 Å². The molecule has 0 aliphatic carbocycles. The number of hydrogen-bond donors (Lipinski definition) is 0. The van der Waals surface area contributed by atoms with Crippen molar-refractivity contribution in [3.05, 3.63) is 49.6 Å². The van der Waals surface area contributed by atoms with Crippen LogP contribution >= 0.6 is 0 Å². The van der Waals surface area contributed by atoms with Crippen LogP contribution in [0.2, 0.25) is 0 Å². The van der Waals surface area contributed by atoms with Gasteiger partial charge in [0.25, 0.3) is 0 Å². The summed E-state index contributed by atoms with van der Waals surface area (Å²) in [6, 6.07) is 10.8. The van der Waals surface area contributed by atoms with Crippen LogP contribution < -0.4 is 4.57 Å². The van der Waals surface area contributed by atoms with Crippen molar-refractivity contribution in [1.82, 2.24) is 4.57 Å². The molecule has 0 amide bonds. The fourth-order valence-corrected chi connectivity index (χ4v) is 2.49. The summed E-state index contributed by atoms with van der Waals surface area (Å²) in [4.78, 5) is 0. The Bertz CT molecular complexity index is 693. The largest absolute Gasteiger partial charge is 0.358 e. The first-order chi connectivity index (χ1) is 7.70. The Morgan fingerprint density at radius 2 is 1.55 bits per heavy atom. The first-order valence-electron chi connectivity index (χ1n) is 5.52. The first-order valence-corrected chi connectivity index (χ1v) is 5.52. The van der Waals surface area contributed by atoms with Gasteiger partial charge >= 0.3 is 0 Å². The van der Waals surface area contributed by atoms with E-state index in [1.807, 2.05) is 0 Å². The van der Waals surface area contributed by atoms with Gasteiger partial charge in [-0.15, -0.1) is 0 Å². The van der Waals surface area contributed by atoms with Crippen molar-refractivity contribution in [1.29, 1.82) is 0 Å². The van der Waals surface area contributed by atoms with Crippen LogP contribution in [0, 0.1) is 14.4 Å². The molecule has 0 N–H and O–H groups in total. The SMILES string of the molecule is C.C.C.Cc1c2c(cc[n+]1C)c1ccccc1n2C.[CH3-]. The molecule has 0 aliphatic rings. The Morgan fingerprint density at radius 1 is 0.950 bits per heavy atom. The smallest absolute Gasteiger partial charge is 0.202 e. The molecule has 0 fully saturated rings. The summed E-state index contributed by atoms with van der Waals surface area (Å²) in [6.07, 6.45) is 2.13. The molecule has 0 radical (unpaired) electrons. The zero-order chi connectivity index (χ0) is 11.3. The van der Waals surface area contributed by atoms with Gasteiger partial charge in [0.05, 0.1) is 0 Å². The lowest BCUT2D eigenvalue weighted by molar-refractivity contribution is -0.676. The monoisotopic (exact) mass is 274 g/mol. The van der Waals surface area contributed by atoms with Crippen molar-refractivity contribution in [2.24, 2.45) is 14.1 Å². The molecule has 20 heavy (non-hydrogen) atoms. The van der Waals surface area contributed by atoms with E-state index < -0.39 is 0 Å². The molecule has 1 aromatic carbocycles. The van der Waals surface area contributed by atoms with Crippen LogP contribution in [0.1, 0.15) is 28.0 Å². The second-order valence-electron chi connectivity index (χ2n) is 4.35. The lowest BCUT2D eigenvalue weighted by atomic mass is 10.2. The van der Waals surface area contributed by atoms with E-state index >= 15 is 0 Å². The van der Waals surface area contributed by atoms with Gasteiger partial charge in [-0.3, -0.25) is 0 Å². The Kier molecular flexibility index (Phi) is 7.26. The summed E-state index contributed by atoms with van der Waals surface area (Å²) in [7, 11) is 4.23. The van der Waals surface area contributed by atoms with Crippen LogP contribution in [0.25, 0.3) is 21.8 Å². The number of aryl methyl sites for hydroxylation is 3. The molecule has 0 atom stereocenters. The molecule has 2 heteroatoms. The zero-order valence-electron chi connectivity index (χ0n) is 10.9. The molecular weight excluding hydrogens is 244 g/mol. The van der Waals surface area contributed by atoms with Crippen LogP contribution in [-0.4, -0.2) is 4.57 Å². The van der Waals surface area contributed by atoms with Crippen LogP contribution in [0.4, 0.5) is 0 Å². The standard InChI is InChI=1S/C14H15N2.3CH4.CH3/c1-10-14-12(8-9-15(10)2)11-6-4-5-7-13(11)16(14)3;;;;/h4-9H,1-3H3;3*1H4;1H3/q+1;;;;-1. The molecular formula is C18H30N2. The highest BCUT2D eigenvalue weighted by Crippen LogP contribution is 2.28. The number of hydrogen-bond acceptors (Lipinski definition) is 0. The van der Waals surface area contributed by atoms with E-state index in [0.717, 1.165) is 0 Å². The van der Waals surface area contributed by atoms with Crippen LogP contribution in [0.3, 0.4) is 0 Å². The molecule has 0 saturated carbocycles. The maximum Gasteiger partial charge on any atom is 0.202 e. The molecule has 0 unspecified atom stereocenters. The van der Waals surface area contributed by atoms with Crippen LogP contribution in [0.15, 0.2) is 36.5 Å². The van der Waals surface area contributed by atoms with Crippen molar-refractivity contribution in [2.75, 3.05) is 0 Å². The molecule has 3 rings (SSSR count). The Labute approximate surface area is 124 Å². The van der Waals surface area contributed by atoms with Gasteiger partial charge in [-0.05, 0) is 6.07 Å². The minimum absolute atomic E-state index is 0. The number of nitrogens with zero attached hydrogens (tertiary/aromatic N) is 2. The molecule has 112 valence electrons. The highest BCUT2D eigenvalue weighted by Gasteiger charge is 2.14. The van der Waals surface area contributed by atoms with Gasteiger partial charge in [0.1, 0.15) is 12.6 Å². The van der Waals surface area contributed by atoms with E-state index in [1.165, 1.54) is 27.5 Å². The Morgan fingerprint density at radius 3 is 2.20 bits per heavy atom. The third-order valence-corrected chi connectivity index (χ3v) is 3.48. The van der Waals surface area contributed by atoms with Crippen molar-refractivity contribution in [2.45, 2.75) is 29.2 Å². The van der Waals surface area contributed by atoms with Crippen molar-refractivity contribution in [3.63, 3.8) is 0 Å². The molecule has 0 spiro atoms. The summed E-state index contributed by atoms with van der Waals surface area (Å²) in [5, 5.41) is 2.68. The number of aromatic nitrogens is 2. The fourth-order valence-electron chi connectivity index (χ4n) is 2.49. The van der Waals surface area contributed by atoms with E-state index in [-0.39, 0.29) is 29.7 Å². The number of benzene rings is 1. The van der Waals surface area contributed by atoms with Gasteiger partial charge in [0.15, 0.2) is 6.20 Å². The predicted octanol–water partition coefficient (Wildman–Crippen LogP) is 4.82. The number of fused-ring (bicyclic) bond motifs is 3. The quantitative estimate of drug-likeness (QED) is 0.410. The molecule has 3 aromatic rings. The summed E-state index contributed by atoms with van der Waals surface area (Å²) >= 11 is 0. The predicted molar refractivity (Wildman–Crippen MR) is 92.9 cm³/mol. The van der Waals surface area contributed by atoms with Gasteiger partial charge in [0.2, 0.25) is 5.69 Å². The Hall–Kier alpha value is -1.83. The third-order valence-electron chi connectivity index (χ3n) is 3.48. The second kappa shape index (κ2) is 7.09. The van der Waals surface area contributed by atoms with E-state index in [2.05, 4.69) is 66.7 Å². The van der Waals surface area contributed by atoms with Gasteiger partial charge in [-0.1, -0.05) is 40.5 Å². The lowest BCUT2D eigenvalue weighted by Crippen LogP contribution is -2.31. The second-order valence-corrected chi connectivity index (χ2v) is 4.35. The number of pyridine rings is 1. The highest BCUT2D eigenvalue weighted by molar-refractivity contribution is 6.08. The summed E-state index contributed by atoms with van der Waals surface area (Å²) in [5.41, 5.74) is 3.93. The minimum atomic E-state index is 0. The maximum atomic E-state index is 2.28. The van der Waals surface area contributed by atoms with Crippen molar-refractivity contribution >= 4 is 21.8 Å². The number of rotatable bonds is 0. The first kappa shape index (κ1) is 20.5. The molecule has 0 aliphatic heterocycles. The molecule has 2 aromatic heterocycles. The Balaban J connectivity index is 0. The number of para-hydroxylation sites is 1. The summed E-state index contributed by atoms with van der Waals surface area (Å²) in [5.74, 6) is 0. The average Bonchev–Trinajstić information content (AvgIpc) is 2.59. The topological polar surface area (TPSA) is 8.81 Å². The maximum absolute atomic E-state index is 2.28. The fraction of sp³-hybridized carbons (Fsp3) is 0.333. The summed E-state index contributed by atoms with van der Waals surface area (Å²) in [6.45, 7) is 2.17. The minimum Gasteiger partial charge on any atom is -0.358 e. The molecule has 2 heterocycles. The molecule has 0 saturated heterocycles. The van der Waals surface area contributed by atoms with E-state index in [9.17, 15) is 0 Å². The van der Waals surface area contributed by atoms with E-state index in [4.69, 9.17) is 0 Å². The zero-order valence-corrected chi connectivity index (χ0v) is 10.9. The molecule has 2 nitrogen and oxygen atoms in total. The lowest BCUT2D eigenvalue weighted by Gasteiger charge is -1.99. The van der Waals surface area contributed by atoms with Gasteiger partial charge < -0.3 is 12.0 Å². The van der Waals surface area contributed by atoms with Gasteiger partial charge in [0, 0.05) is 36.3 Å². The van der Waals surface area contributed by atoms with Crippen molar-refractivity contribution in [3.8, 4) is 0 Å². The highest BCUT2D eigenvalue weighted by atomic mass is 15.0. The molecule has 0 bridgehead atoms. The van der Waals surface area contributed by atoms with Crippen LogP contribution in [-0.2, 0) is 14.1 Å². The van der Waals surface area contributed by atoms with Crippen molar-refractivity contribution < 1.29 is 4.57 Å². The normalized spacial score (nSPS) is 9.15. The summed E-state index contributed by atoms with van der Waals surface area (Å²) < 4.78 is 4.45. The van der Waals surface area contributed by atoms with Crippen LogP contribution in [0.5, 0.6) is 0 Å². The average molecular weight is 274 g/mol. The third kappa shape index (κ3) is 2.55. The van der Waals surface area contributed by atoms with Gasteiger partial charge in [-0.2, -0.15) is 0 Å². The van der Waals surface area contributed by atoms with E-state index in [1.54, 1.807) is 0 Å². The van der Waals surface area contributed by atoms with E-state index in [0.29, 0.717) is 0 Å².